The van der Waals surface area contributed by atoms with Gasteiger partial charge in [-0.25, -0.2) is 23.1 Å². The molecule has 3 rings (SSSR count). The van der Waals surface area contributed by atoms with E-state index in [4.69, 9.17) is 0 Å². The van der Waals surface area contributed by atoms with E-state index in [0.717, 1.165) is 17.7 Å². The van der Waals surface area contributed by atoms with Gasteiger partial charge in [0.25, 0.3) is 5.91 Å². The fraction of sp³-hybridized carbons (Fsp3) is 0.111. The number of rotatable bonds is 5. The van der Waals surface area contributed by atoms with Gasteiger partial charge in [0.15, 0.2) is 17.5 Å². The first-order valence-electron chi connectivity index (χ1n) is 7.87. The fourth-order valence-electron chi connectivity index (χ4n) is 2.28. The van der Waals surface area contributed by atoms with E-state index in [1.165, 1.54) is 6.07 Å². The highest BCUT2D eigenvalue weighted by atomic mass is 19.2. The Morgan fingerprint density at radius 1 is 1.04 bits per heavy atom. The van der Waals surface area contributed by atoms with Crippen LogP contribution in [0.5, 0.6) is 0 Å². The van der Waals surface area contributed by atoms with Gasteiger partial charge in [0.1, 0.15) is 17.3 Å². The van der Waals surface area contributed by atoms with Crippen molar-refractivity contribution in [2.45, 2.75) is 13.5 Å². The Balaban J connectivity index is 1.77. The molecule has 0 aliphatic carbocycles. The van der Waals surface area contributed by atoms with E-state index in [1.807, 2.05) is 12.1 Å². The summed E-state index contributed by atoms with van der Waals surface area (Å²) < 4.78 is 40.0. The van der Waals surface area contributed by atoms with Crippen LogP contribution in [0.25, 0.3) is 0 Å². The summed E-state index contributed by atoms with van der Waals surface area (Å²) in [6.45, 7) is 2.03. The zero-order valence-electron chi connectivity index (χ0n) is 14.1. The number of aryl methyl sites for hydroxylation is 1. The first-order chi connectivity index (χ1) is 12.9. The lowest BCUT2D eigenvalue weighted by Crippen LogP contribution is -2.17. The normalized spacial score (nSPS) is 10.5. The van der Waals surface area contributed by atoms with Crippen LogP contribution < -0.4 is 10.6 Å². The van der Waals surface area contributed by atoms with Gasteiger partial charge in [-0.3, -0.25) is 9.78 Å². The molecule has 0 fully saturated rings. The number of hydrogen-bond donors (Lipinski definition) is 2. The molecule has 0 spiro atoms. The fourth-order valence-corrected chi connectivity index (χ4v) is 2.28. The summed E-state index contributed by atoms with van der Waals surface area (Å²) in [7, 11) is 0. The van der Waals surface area contributed by atoms with Crippen molar-refractivity contribution in [1.82, 2.24) is 15.0 Å². The predicted molar refractivity (Wildman–Crippen MR) is 92.6 cm³/mol. The average Bonchev–Trinajstić information content (AvgIpc) is 2.67. The molecule has 1 amide bonds. The second kappa shape index (κ2) is 7.81. The topological polar surface area (TPSA) is 79.8 Å². The van der Waals surface area contributed by atoms with Crippen LogP contribution in [0.15, 0.2) is 42.7 Å². The molecule has 0 saturated carbocycles. The molecule has 0 aliphatic rings. The number of nitrogens with zero attached hydrogens (tertiary/aromatic N) is 3. The standard InChI is InChI=1S/C18H14F3N5O/c1-10-24-14(8-15(25-10)23-9-11-4-6-22-7-5-11)18(27)26-13-3-2-12(19)16(20)17(13)21/h2-8H,9H2,1H3,(H,26,27)(H,23,24,25). The van der Waals surface area contributed by atoms with E-state index < -0.39 is 29.0 Å². The van der Waals surface area contributed by atoms with Crippen LogP contribution in [-0.2, 0) is 6.54 Å². The molecular weight excluding hydrogens is 359 g/mol. The Bertz CT molecular complexity index is 982. The van der Waals surface area contributed by atoms with Gasteiger partial charge in [0.05, 0.1) is 5.69 Å². The largest absolute Gasteiger partial charge is 0.366 e. The highest BCUT2D eigenvalue weighted by Gasteiger charge is 2.17. The van der Waals surface area contributed by atoms with Crippen LogP contribution in [0.2, 0.25) is 0 Å². The number of carbonyl (C=O) groups is 1. The molecule has 27 heavy (non-hydrogen) atoms. The summed E-state index contributed by atoms with van der Waals surface area (Å²) in [5.41, 5.74) is 0.418. The number of carbonyl (C=O) groups excluding carboxylic acids is 1. The maximum atomic E-state index is 13.7. The molecular formula is C18H14F3N5O. The molecule has 0 unspecified atom stereocenters. The summed E-state index contributed by atoms with van der Waals surface area (Å²) in [4.78, 5) is 24.4. The highest BCUT2D eigenvalue weighted by Crippen LogP contribution is 2.20. The molecule has 0 radical (unpaired) electrons. The molecule has 9 heteroatoms. The minimum absolute atomic E-state index is 0.0520. The molecule has 0 saturated heterocycles. The van der Waals surface area contributed by atoms with E-state index >= 15 is 0 Å². The van der Waals surface area contributed by atoms with Crippen molar-refractivity contribution in [3.8, 4) is 0 Å². The van der Waals surface area contributed by atoms with Gasteiger partial charge in [-0.2, -0.15) is 0 Å². The number of aromatic nitrogens is 3. The Morgan fingerprint density at radius 2 is 1.78 bits per heavy atom. The van der Waals surface area contributed by atoms with Crippen molar-refractivity contribution in [3.05, 3.63) is 77.3 Å². The Labute approximate surface area is 152 Å². The molecule has 2 heterocycles. The summed E-state index contributed by atoms with van der Waals surface area (Å²) in [5, 5.41) is 5.22. The van der Waals surface area contributed by atoms with Gasteiger partial charge in [-0.05, 0) is 36.8 Å². The summed E-state index contributed by atoms with van der Waals surface area (Å²) in [6.07, 6.45) is 3.30. The van der Waals surface area contributed by atoms with E-state index in [-0.39, 0.29) is 5.69 Å². The van der Waals surface area contributed by atoms with Crippen LogP contribution in [-0.4, -0.2) is 20.9 Å². The number of pyridine rings is 1. The van der Waals surface area contributed by atoms with Gasteiger partial charge >= 0.3 is 0 Å². The number of nitrogens with one attached hydrogen (secondary N) is 2. The quantitative estimate of drug-likeness (QED) is 0.670. The lowest BCUT2D eigenvalue weighted by Gasteiger charge is -2.10. The zero-order chi connectivity index (χ0) is 19.4. The number of benzene rings is 1. The molecule has 6 nitrogen and oxygen atoms in total. The lowest BCUT2D eigenvalue weighted by atomic mass is 10.2. The van der Waals surface area contributed by atoms with Crippen molar-refractivity contribution >= 4 is 17.4 Å². The maximum Gasteiger partial charge on any atom is 0.274 e. The van der Waals surface area contributed by atoms with E-state index in [2.05, 4.69) is 25.6 Å². The summed E-state index contributed by atoms with van der Waals surface area (Å²) >= 11 is 0. The molecule has 1 aromatic carbocycles. The zero-order valence-corrected chi connectivity index (χ0v) is 14.1. The number of halogens is 3. The molecule has 3 aromatic rings. The molecule has 2 N–H and O–H groups in total. The first kappa shape index (κ1) is 18.3. The monoisotopic (exact) mass is 373 g/mol. The van der Waals surface area contributed by atoms with Crippen molar-refractivity contribution in [3.63, 3.8) is 0 Å². The number of anilines is 2. The Hall–Kier alpha value is -3.49. The Kier molecular flexibility index (Phi) is 5.30. The van der Waals surface area contributed by atoms with E-state index in [9.17, 15) is 18.0 Å². The van der Waals surface area contributed by atoms with Crippen LogP contribution in [0.3, 0.4) is 0 Å². The third-order valence-electron chi connectivity index (χ3n) is 3.58. The first-order valence-corrected chi connectivity index (χ1v) is 7.87. The molecule has 138 valence electrons. The van der Waals surface area contributed by atoms with Gasteiger partial charge < -0.3 is 10.6 Å². The SMILES string of the molecule is Cc1nc(NCc2ccncc2)cc(C(=O)Nc2ccc(F)c(F)c2F)n1. The van der Waals surface area contributed by atoms with Crippen molar-refractivity contribution in [2.75, 3.05) is 10.6 Å². The van der Waals surface area contributed by atoms with Gasteiger partial charge in [0.2, 0.25) is 0 Å². The minimum atomic E-state index is -1.66. The highest BCUT2D eigenvalue weighted by molar-refractivity contribution is 6.03. The minimum Gasteiger partial charge on any atom is -0.366 e. The summed E-state index contributed by atoms with van der Waals surface area (Å²) in [5.74, 6) is -4.57. The maximum absolute atomic E-state index is 13.7. The third-order valence-corrected chi connectivity index (χ3v) is 3.58. The molecule has 0 atom stereocenters. The summed E-state index contributed by atoms with van der Waals surface area (Å²) in [6, 6.07) is 6.67. The van der Waals surface area contributed by atoms with Crippen LogP contribution >= 0.6 is 0 Å². The Morgan fingerprint density at radius 3 is 2.52 bits per heavy atom. The van der Waals surface area contributed by atoms with Crippen molar-refractivity contribution < 1.29 is 18.0 Å². The van der Waals surface area contributed by atoms with Gasteiger partial charge in [-0.1, -0.05) is 0 Å². The van der Waals surface area contributed by atoms with E-state index in [0.29, 0.717) is 18.2 Å². The smallest absolute Gasteiger partial charge is 0.274 e. The van der Waals surface area contributed by atoms with Crippen LogP contribution in [0.1, 0.15) is 21.9 Å². The van der Waals surface area contributed by atoms with Crippen molar-refractivity contribution in [2.24, 2.45) is 0 Å². The van der Waals surface area contributed by atoms with E-state index in [1.54, 1.807) is 19.3 Å². The third kappa shape index (κ3) is 4.38. The second-order valence-electron chi connectivity index (χ2n) is 5.57. The predicted octanol–water partition coefficient (Wildman–Crippen LogP) is 3.46. The van der Waals surface area contributed by atoms with Crippen LogP contribution in [0.4, 0.5) is 24.7 Å². The molecule has 2 aromatic heterocycles. The molecule has 0 aliphatic heterocycles. The number of amides is 1. The van der Waals surface area contributed by atoms with Gasteiger partial charge in [0, 0.05) is 25.0 Å². The molecule has 0 bridgehead atoms. The second-order valence-corrected chi connectivity index (χ2v) is 5.57. The van der Waals surface area contributed by atoms with Crippen molar-refractivity contribution in [1.29, 1.82) is 0 Å². The lowest BCUT2D eigenvalue weighted by molar-refractivity contribution is 0.102. The van der Waals surface area contributed by atoms with Gasteiger partial charge in [-0.15, -0.1) is 0 Å². The average molecular weight is 373 g/mol. The van der Waals surface area contributed by atoms with Crippen LogP contribution in [0, 0.1) is 24.4 Å². The number of hydrogen-bond acceptors (Lipinski definition) is 5.